The third-order valence-corrected chi connectivity index (χ3v) is 6.83. The lowest BCUT2D eigenvalue weighted by atomic mass is 9.89. The van der Waals surface area contributed by atoms with Gasteiger partial charge < -0.3 is 30.3 Å². The van der Waals surface area contributed by atoms with Gasteiger partial charge in [0, 0.05) is 24.6 Å². The summed E-state index contributed by atoms with van der Waals surface area (Å²) < 4.78 is 8.21. The number of amides is 2. The molecule has 39 heavy (non-hydrogen) atoms. The zero-order valence-corrected chi connectivity index (χ0v) is 21.7. The molecule has 9 nitrogen and oxygen atoms in total. The number of aryl methyl sites for hydroxylation is 2. The highest BCUT2D eigenvalue weighted by Gasteiger charge is 2.27. The largest absolute Gasteiger partial charge is 0.483 e. The van der Waals surface area contributed by atoms with Crippen molar-refractivity contribution < 1.29 is 29.0 Å². The molecule has 5 rings (SSSR count). The van der Waals surface area contributed by atoms with E-state index < -0.39 is 17.6 Å². The number of aldehydes is 1. The van der Waals surface area contributed by atoms with Crippen LogP contribution in [0.4, 0.5) is 0 Å². The standard InChI is InChI=1S/C29H27N3O5.CH4O/c30-29(36)28(35)21-11-6-12-22-25(21)26-23(37-17-24(34)31-13-14-33)15-19-9-4-5-10-20(19)27(26)32(22)16-18-7-2-1-3-8-18;1-2/h1-3,6-8,11-12,14-15H,4-5,9-10,13,16-17H2,(H2,30,36)(H,31,34);2H,1H3. The van der Waals surface area contributed by atoms with Gasteiger partial charge in [0.15, 0.2) is 6.61 Å². The maximum Gasteiger partial charge on any atom is 0.289 e. The number of hydrogen-bond acceptors (Lipinski definition) is 6. The highest BCUT2D eigenvalue weighted by molar-refractivity contribution is 6.45. The Morgan fingerprint density at radius 2 is 1.77 bits per heavy atom. The van der Waals surface area contributed by atoms with Crippen LogP contribution in [-0.4, -0.2) is 53.8 Å². The van der Waals surface area contributed by atoms with Crippen molar-refractivity contribution in [1.82, 2.24) is 9.88 Å². The zero-order valence-electron chi connectivity index (χ0n) is 21.7. The van der Waals surface area contributed by atoms with Gasteiger partial charge in [-0.05, 0) is 54.5 Å². The van der Waals surface area contributed by atoms with Crippen molar-refractivity contribution in [1.29, 1.82) is 0 Å². The minimum Gasteiger partial charge on any atom is -0.483 e. The average Bonchev–Trinajstić information content (AvgIpc) is 3.30. The lowest BCUT2D eigenvalue weighted by molar-refractivity contribution is -0.124. The Labute approximate surface area is 225 Å². The average molecular weight is 530 g/mol. The summed E-state index contributed by atoms with van der Waals surface area (Å²) >= 11 is 0. The molecule has 0 saturated heterocycles. The van der Waals surface area contributed by atoms with Crippen molar-refractivity contribution in [3.8, 4) is 5.75 Å². The minimum atomic E-state index is -1.04. The summed E-state index contributed by atoms with van der Waals surface area (Å²) in [6.07, 6.45) is 4.43. The Morgan fingerprint density at radius 1 is 1.03 bits per heavy atom. The van der Waals surface area contributed by atoms with Gasteiger partial charge in [-0.2, -0.15) is 0 Å². The Balaban J connectivity index is 0.00000172. The van der Waals surface area contributed by atoms with Crippen molar-refractivity contribution in [2.24, 2.45) is 5.73 Å². The Bertz CT molecular complexity index is 1540. The monoisotopic (exact) mass is 529 g/mol. The number of rotatable bonds is 9. The fraction of sp³-hybridized carbons (Fsp3) is 0.267. The first-order valence-electron chi connectivity index (χ1n) is 12.7. The lowest BCUT2D eigenvalue weighted by Crippen LogP contribution is -2.30. The molecule has 0 aliphatic heterocycles. The summed E-state index contributed by atoms with van der Waals surface area (Å²) in [5.41, 5.74) is 10.7. The number of ether oxygens (including phenoxy) is 1. The molecule has 1 aliphatic rings. The van der Waals surface area contributed by atoms with Gasteiger partial charge in [-0.15, -0.1) is 0 Å². The molecule has 4 aromatic rings. The molecule has 1 heterocycles. The highest BCUT2D eigenvalue weighted by Crippen LogP contribution is 2.43. The second kappa shape index (κ2) is 12.4. The van der Waals surface area contributed by atoms with E-state index in [1.807, 2.05) is 42.5 Å². The molecule has 1 aromatic heterocycles. The van der Waals surface area contributed by atoms with Crippen LogP contribution in [0.15, 0.2) is 54.6 Å². The lowest BCUT2D eigenvalue weighted by Gasteiger charge is -2.21. The summed E-state index contributed by atoms with van der Waals surface area (Å²) in [6, 6.07) is 17.2. The van der Waals surface area contributed by atoms with Crippen LogP contribution in [0.2, 0.25) is 0 Å². The molecule has 0 bridgehead atoms. The van der Waals surface area contributed by atoms with Gasteiger partial charge in [0.2, 0.25) is 0 Å². The molecule has 0 saturated carbocycles. The molecule has 0 unspecified atom stereocenters. The van der Waals surface area contributed by atoms with E-state index in [-0.39, 0.29) is 18.7 Å². The smallest absolute Gasteiger partial charge is 0.289 e. The van der Waals surface area contributed by atoms with Crippen LogP contribution in [0.1, 0.15) is 39.9 Å². The Morgan fingerprint density at radius 3 is 2.49 bits per heavy atom. The number of carbonyl (C=O) groups is 4. The zero-order chi connectivity index (χ0) is 27.9. The maximum absolute atomic E-state index is 12.9. The van der Waals surface area contributed by atoms with Gasteiger partial charge in [0.05, 0.1) is 23.0 Å². The number of aliphatic hydroxyl groups is 1. The number of nitrogens with two attached hydrogens (primary N) is 1. The summed E-state index contributed by atoms with van der Waals surface area (Å²) in [4.78, 5) is 47.8. The molecule has 9 heteroatoms. The van der Waals surface area contributed by atoms with Crippen LogP contribution >= 0.6 is 0 Å². The molecule has 1 aliphatic carbocycles. The van der Waals surface area contributed by atoms with Crippen LogP contribution in [0.3, 0.4) is 0 Å². The molecule has 3 aromatic carbocycles. The summed E-state index contributed by atoms with van der Waals surface area (Å²) in [5.74, 6) is -1.79. The van der Waals surface area contributed by atoms with E-state index in [4.69, 9.17) is 15.6 Å². The number of hydrogen-bond donors (Lipinski definition) is 3. The van der Waals surface area contributed by atoms with Crippen molar-refractivity contribution >= 4 is 45.7 Å². The first-order chi connectivity index (χ1) is 19.0. The van der Waals surface area contributed by atoms with Crippen LogP contribution in [0, 0.1) is 0 Å². The molecule has 2 amide bonds. The van der Waals surface area contributed by atoms with Gasteiger partial charge in [0.1, 0.15) is 12.0 Å². The van der Waals surface area contributed by atoms with Crippen LogP contribution in [0.5, 0.6) is 5.75 Å². The molecule has 202 valence electrons. The topological polar surface area (TPSA) is 141 Å². The van der Waals surface area contributed by atoms with Crippen LogP contribution < -0.4 is 15.8 Å². The quantitative estimate of drug-likeness (QED) is 0.173. The molecular weight excluding hydrogens is 498 g/mol. The van der Waals surface area contributed by atoms with Crippen LogP contribution in [0.25, 0.3) is 21.8 Å². The van der Waals surface area contributed by atoms with E-state index in [1.54, 1.807) is 12.1 Å². The maximum atomic E-state index is 12.9. The molecule has 0 fully saturated rings. The Kier molecular flexibility index (Phi) is 8.73. The molecule has 0 radical (unpaired) electrons. The number of fused-ring (bicyclic) bond motifs is 5. The van der Waals surface area contributed by atoms with E-state index in [0.717, 1.165) is 55.0 Å². The van der Waals surface area contributed by atoms with E-state index in [2.05, 4.69) is 9.88 Å². The second-order valence-corrected chi connectivity index (χ2v) is 9.17. The number of Topliss-reactive ketones (excluding diaryl/α,β-unsaturated/α-hetero) is 1. The number of benzene rings is 3. The van der Waals surface area contributed by atoms with E-state index in [0.29, 0.717) is 29.4 Å². The predicted octanol–water partition coefficient (Wildman–Crippen LogP) is 2.69. The number of nitrogens with zero attached hydrogens (tertiary/aromatic N) is 1. The van der Waals surface area contributed by atoms with Gasteiger partial charge in [0.25, 0.3) is 17.6 Å². The van der Waals surface area contributed by atoms with E-state index in [1.165, 1.54) is 5.56 Å². The van der Waals surface area contributed by atoms with Gasteiger partial charge in [-0.1, -0.05) is 42.5 Å². The fourth-order valence-electron chi connectivity index (χ4n) is 5.26. The minimum absolute atomic E-state index is 0.102. The number of ketones is 1. The molecule has 0 spiro atoms. The number of aromatic nitrogens is 1. The third kappa shape index (κ3) is 5.53. The third-order valence-electron chi connectivity index (χ3n) is 6.83. The van der Waals surface area contributed by atoms with Crippen LogP contribution in [-0.2, 0) is 33.8 Å². The van der Waals surface area contributed by atoms with Gasteiger partial charge in [-0.25, -0.2) is 0 Å². The van der Waals surface area contributed by atoms with Crippen molar-refractivity contribution in [3.05, 3.63) is 76.9 Å². The summed E-state index contributed by atoms with van der Waals surface area (Å²) in [5, 5.41) is 10.7. The fourth-order valence-corrected chi connectivity index (χ4v) is 5.26. The predicted molar refractivity (Wildman–Crippen MR) is 148 cm³/mol. The first kappa shape index (κ1) is 27.5. The molecule has 4 N–H and O–H groups in total. The molecular formula is C30H31N3O6. The number of primary amides is 1. The number of aliphatic hydroxyl groups excluding tert-OH is 1. The Hall–Kier alpha value is -4.50. The second-order valence-electron chi connectivity index (χ2n) is 9.17. The SMILES string of the molecule is CO.NC(=O)C(=O)c1cccc2c1c1c(OCC(=O)NCC=O)cc3c(c1n2Cc1ccccc1)CCCC3. The van der Waals surface area contributed by atoms with Gasteiger partial charge in [-0.3, -0.25) is 14.4 Å². The summed E-state index contributed by atoms with van der Waals surface area (Å²) in [7, 11) is 1.00. The van der Waals surface area contributed by atoms with E-state index in [9.17, 15) is 19.2 Å². The highest BCUT2D eigenvalue weighted by atomic mass is 16.5. The van der Waals surface area contributed by atoms with Crippen molar-refractivity contribution in [2.45, 2.75) is 32.2 Å². The number of nitrogens with one attached hydrogen (secondary N) is 1. The first-order valence-corrected chi connectivity index (χ1v) is 12.7. The number of carbonyl (C=O) groups excluding carboxylic acids is 4. The van der Waals surface area contributed by atoms with E-state index >= 15 is 0 Å². The van der Waals surface area contributed by atoms with Crippen molar-refractivity contribution in [3.63, 3.8) is 0 Å². The van der Waals surface area contributed by atoms with Gasteiger partial charge >= 0.3 is 0 Å². The normalized spacial score (nSPS) is 12.3. The van der Waals surface area contributed by atoms with Crippen molar-refractivity contribution in [2.75, 3.05) is 20.3 Å². The molecule has 0 atom stereocenters. The summed E-state index contributed by atoms with van der Waals surface area (Å²) in [6.45, 7) is 0.152.